The highest BCUT2D eigenvalue weighted by Crippen LogP contribution is 2.40. The maximum atomic E-state index is 12.9. The maximum Gasteiger partial charge on any atom is 0.295 e. The number of hydrogen-bond acceptors (Lipinski definition) is 5. The lowest BCUT2D eigenvalue weighted by Gasteiger charge is -2.25. The zero-order valence-electron chi connectivity index (χ0n) is 16.5. The Morgan fingerprint density at radius 1 is 1.20 bits per heavy atom. The van der Waals surface area contributed by atoms with Crippen molar-refractivity contribution in [3.8, 4) is 5.75 Å². The molecule has 1 fully saturated rings. The van der Waals surface area contributed by atoms with Crippen LogP contribution >= 0.6 is 27.5 Å². The van der Waals surface area contributed by atoms with E-state index < -0.39 is 17.7 Å². The topological polar surface area (TPSA) is 76.1 Å². The molecule has 0 aromatic heterocycles. The lowest BCUT2D eigenvalue weighted by atomic mass is 9.95. The van der Waals surface area contributed by atoms with Crippen molar-refractivity contribution < 1.29 is 24.2 Å². The maximum absolute atomic E-state index is 12.9. The highest BCUT2D eigenvalue weighted by atomic mass is 79.9. The molecule has 1 saturated heterocycles. The number of ether oxygens (including phenoxy) is 2. The first-order valence-corrected chi connectivity index (χ1v) is 10.5. The Bertz CT molecular complexity index is 990. The second-order valence-corrected chi connectivity index (χ2v) is 7.94. The summed E-state index contributed by atoms with van der Waals surface area (Å²) in [6.07, 6.45) is 0. The normalized spacial score (nSPS) is 18.1. The van der Waals surface area contributed by atoms with E-state index >= 15 is 0 Å². The van der Waals surface area contributed by atoms with Gasteiger partial charge in [0.05, 0.1) is 29.9 Å². The third kappa shape index (κ3) is 4.38. The minimum atomic E-state index is -0.749. The standard InChI is InChI=1S/C22H21BrClNO5/c1-3-30-17-9-6-14(12-16(17)24)20(26)18-19(13-4-7-15(23)8-5-13)25(10-11-29-2)22(28)21(18)27/h4-9,12,19,26H,3,10-11H2,1-2H3/t19-/m1/s1. The molecule has 8 heteroatoms. The summed E-state index contributed by atoms with van der Waals surface area (Å²) in [4.78, 5) is 27.0. The first-order chi connectivity index (χ1) is 14.4. The SMILES string of the molecule is CCOc1ccc(C(O)=C2C(=O)C(=O)N(CCOC)[C@@H]2c2ccc(Br)cc2)cc1Cl. The predicted octanol–water partition coefficient (Wildman–Crippen LogP) is 4.57. The number of aliphatic hydroxyl groups excluding tert-OH is 1. The lowest BCUT2D eigenvalue weighted by molar-refractivity contribution is -0.140. The molecule has 0 spiro atoms. The highest BCUT2D eigenvalue weighted by molar-refractivity contribution is 9.10. The molecule has 0 saturated carbocycles. The number of rotatable bonds is 7. The number of carbonyl (C=O) groups excluding carboxylic acids is 2. The number of hydrogen-bond donors (Lipinski definition) is 1. The fraction of sp³-hybridized carbons (Fsp3) is 0.273. The molecular formula is C22H21BrClNO5. The number of likely N-dealkylation sites (tertiary alicyclic amines) is 1. The van der Waals surface area contributed by atoms with Crippen LogP contribution in [0.4, 0.5) is 0 Å². The Hall–Kier alpha value is -2.35. The van der Waals surface area contributed by atoms with Crippen molar-refractivity contribution in [3.05, 3.63) is 68.7 Å². The molecule has 158 valence electrons. The molecule has 1 heterocycles. The molecule has 1 N–H and O–H groups in total. The van der Waals surface area contributed by atoms with E-state index in [1.165, 1.54) is 18.1 Å². The number of halogens is 2. The van der Waals surface area contributed by atoms with Gasteiger partial charge in [-0.3, -0.25) is 9.59 Å². The van der Waals surface area contributed by atoms with E-state index in [2.05, 4.69) is 15.9 Å². The van der Waals surface area contributed by atoms with Gasteiger partial charge in [0, 0.05) is 23.7 Å². The van der Waals surface area contributed by atoms with Crippen LogP contribution in [0.2, 0.25) is 5.02 Å². The van der Waals surface area contributed by atoms with Gasteiger partial charge in [-0.05, 0) is 42.8 Å². The average molecular weight is 495 g/mol. The molecule has 1 aliphatic rings. The largest absolute Gasteiger partial charge is 0.507 e. The summed E-state index contributed by atoms with van der Waals surface area (Å²) in [6, 6.07) is 11.3. The number of carbonyl (C=O) groups is 2. The van der Waals surface area contributed by atoms with Gasteiger partial charge in [-0.2, -0.15) is 0 Å². The third-order valence-electron chi connectivity index (χ3n) is 4.77. The van der Waals surface area contributed by atoms with E-state index in [9.17, 15) is 14.7 Å². The number of benzene rings is 2. The van der Waals surface area contributed by atoms with Crippen molar-refractivity contribution in [2.75, 3.05) is 26.9 Å². The summed E-state index contributed by atoms with van der Waals surface area (Å²) in [6.45, 7) is 2.75. The van der Waals surface area contributed by atoms with Crippen molar-refractivity contribution in [2.24, 2.45) is 0 Å². The van der Waals surface area contributed by atoms with Gasteiger partial charge in [0.15, 0.2) is 0 Å². The Morgan fingerprint density at radius 3 is 2.50 bits per heavy atom. The number of nitrogens with zero attached hydrogens (tertiary/aromatic N) is 1. The van der Waals surface area contributed by atoms with Crippen LogP contribution in [-0.2, 0) is 14.3 Å². The van der Waals surface area contributed by atoms with Crippen LogP contribution < -0.4 is 4.74 Å². The Morgan fingerprint density at radius 2 is 1.90 bits per heavy atom. The Labute approximate surface area is 188 Å². The Balaban J connectivity index is 2.13. The summed E-state index contributed by atoms with van der Waals surface area (Å²) in [5.74, 6) is -1.24. The summed E-state index contributed by atoms with van der Waals surface area (Å²) < 4.78 is 11.4. The van der Waals surface area contributed by atoms with E-state index in [0.717, 1.165) is 4.47 Å². The molecule has 0 aliphatic carbocycles. The van der Waals surface area contributed by atoms with Crippen molar-refractivity contribution in [2.45, 2.75) is 13.0 Å². The van der Waals surface area contributed by atoms with Gasteiger partial charge >= 0.3 is 0 Å². The number of aliphatic hydroxyl groups is 1. The van der Waals surface area contributed by atoms with Crippen molar-refractivity contribution in [1.29, 1.82) is 0 Å². The number of Topliss-reactive ketones (excluding diaryl/α,β-unsaturated/α-hetero) is 1. The van der Waals surface area contributed by atoms with E-state index in [-0.39, 0.29) is 24.5 Å². The predicted molar refractivity (Wildman–Crippen MR) is 118 cm³/mol. The number of methoxy groups -OCH3 is 1. The van der Waals surface area contributed by atoms with E-state index in [4.69, 9.17) is 21.1 Å². The highest BCUT2D eigenvalue weighted by Gasteiger charge is 2.45. The molecule has 6 nitrogen and oxygen atoms in total. The van der Waals surface area contributed by atoms with Gasteiger partial charge in [-0.1, -0.05) is 39.7 Å². The van der Waals surface area contributed by atoms with Gasteiger partial charge < -0.3 is 19.5 Å². The van der Waals surface area contributed by atoms with Gasteiger partial charge in [0.1, 0.15) is 11.5 Å². The van der Waals surface area contributed by atoms with Crippen molar-refractivity contribution in [1.82, 2.24) is 4.90 Å². The third-order valence-corrected chi connectivity index (χ3v) is 5.59. The summed E-state index contributed by atoms with van der Waals surface area (Å²) in [7, 11) is 1.52. The van der Waals surface area contributed by atoms with Crippen LogP contribution in [0.15, 0.2) is 52.5 Å². The molecule has 0 bridgehead atoms. The molecule has 3 rings (SSSR count). The average Bonchev–Trinajstić information content (AvgIpc) is 2.98. The molecule has 1 atom stereocenters. The van der Waals surface area contributed by atoms with Gasteiger partial charge in [0.25, 0.3) is 11.7 Å². The monoisotopic (exact) mass is 493 g/mol. The van der Waals surface area contributed by atoms with Crippen LogP contribution in [0.1, 0.15) is 24.1 Å². The minimum absolute atomic E-state index is 0.0126. The first-order valence-electron chi connectivity index (χ1n) is 9.34. The molecule has 0 radical (unpaired) electrons. The van der Waals surface area contributed by atoms with E-state index in [1.54, 1.807) is 24.3 Å². The van der Waals surface area contributed by atoms with Gasteiger partial charge in [0.2, 0.25) is 0 Å². The molecule has 2 aromatic carbocycles. The molecule has 1 aliphatic heterocycles. The first kappa shape index (κ1) is 22.3. The van der Waals surface area contributed by atoms with E-state index in [1.807, 2.05) is 19.1 Å². The molecule has 1 amide bonds. The zero-order valence-corrected chi connectivity index (χ0v) is 18.9. The van der Waals surface area contributed by atoms with Crippen LogP contribution in [0.3, 0.4) is 0 Å². The number of ketones is 1. The molecule has 30 heavy (non-hydrogen) atoms. The second-order valence-electron chi connectivity index (χ2n) is 6.62. The molecule has 0 unspecified atom stereocenters. The lowest BCUT2D eigenvalue weighted by Crippen LogP contribution is -2.32. The molecular weight excluding hydrogens is 474 g/mol. The minimum Gasteiger partial charge on any atom is -0.507 e. The summed E-state index contributed by atoms with van der Waals surface area (Å²) in [5, 5.41) is 11.3. The molecule has 2 aromatic rings. The van der Waals surface area contributed by atoms with Crippen molar-refractivity contribution in [3.63, 3.8) is 0 Å². The fourth-order valence-electron chi connectivity index (χ4n) is 3.37. The smallest absolute Gasteiger partial charge is 0.295 e. The van der Waals surface area contributed by atoms with Gasteiger partial charge in [-0.15, -0.1) is 0 Å². The van der Waals surface area contributed by atoms with Crippen LogP contribution in [0.5, 0.6) is 5.75 Å². The van der Waals surface area contributed by atoms with E-state index in [0.29, 0.717) is 28.5 Å². The van der Waals surface area contributed by atoms with Crippen LogP contribution in [0.25, 0.3) is 5.76 Å². The Kier molecular flexibility index (Phi) is 7.18. The van der Waals surface area contributed by atoms with Crippen molar-refractivity contribution >= 4 is 45.0 Å². The zero-order chi connectivity index (χ0) is 21.8. The second kappa shape index (κ2) is 9.64. The number of amides is 1. The summed E-state index contributed by atoms with van der Waals surface area (Å²) >= 11 is 9.64. The quantitative estimate of drug-likeness (QED) is 0.347. The fourth-order valence-corrected chi connectivity index (χ4v) is 3.87. The van der Waals surface area contributed by atoms with Gasteiger partial charge in [-0.25, -0.2) is 0 Å². The van der Waals surface area contributed by atoms with Crippen LogP contribution in [0, 0.1) is 0 Å². The van der Waals surface area contributed by atoms with Crippen LogP contribution in [-0.4, -0.2) is 48.6 Å². The summed E-state index contributed by atoms with van der Waals surface area (Å²) in [5.41, 5.74) is 1.04.